The molecule has 1 rings (SSSR count). The van der Waals surface area contributed by atoms with Crippen molar-refractivity contribution in [1.82, 2.24) is 0 Å². The van der Waals surface area contributed by atoms with Crippen LogP contribution in [-0.2, 0) is 9.57 Å². The Morgan fingerprint density at radius 1 is 1.11 bits per heavy atom. The summed E-state index contributed by atoms with van der Waals surface area (Å²) in [5, 5.41) is 41.1. The van der Waals surface area contributed by atoms with Crippen molar-refractivity contribution in [3.05, 3.63) is 0 Å². The van der Waals surface area contributed by atoms with Crippen LogP contribution in [0.4, 0.5) is 0 Å². The first-order valence-electron chi connectivity index (χ1n) is 5.19. The van der Waals surface area contributed by atoms with Crippen molar-refractivity contribution in [1.29, 1.82) is 0 Å². The minimum atomic E-state index is -1.51. The molecular weight excluding hydrogens is 289 g/mol. The molecule has 1 aliphatic heterocycles. The molecule has 7 nitrogen and oxygen atoms in total. The Hall–Kier alpha value is -0.150. The van der Waals surface area contributed by atoms with Crippen LogP contribution in [-0.4, -0.2) is 75.2 Å². The standard InChI is InChI=1S/C9H15Cl2NO6/c10-1-4(2-11)12-18-9-8(16)7(15)6(14)5(3-13)17-9/h5-9,13-16H,1-3H2/t5-,6-,7+,8+,9-/m1/s1. The van der Waals surface area contributed by atoms with Crippen LogP contribution in [0.15, 0.2) is 5.16 Å². The number of aliphatic hydroxyl groups is 4. The second kappa shape index (κ2) is 7.44. The molecule has 1 saturated heterocycles. The van der Waals surface area contributed by atoms with Gasteiger partial charge in [-0.15, -0.1) is 23.2 Å². The lowest BCUT2D eigenvalue weighted by Gasteiger charge is -2.38. The van der Waals surface area contributed by atoms with E-state index in [2.05, 4.69) is 5.16 Å². The van der Waals surface area contributed by atoms with Crippen molar-refractivity contribution in [2.45, 2.75) is 30.7 Å². The molecule has 5 atom stereocenters. The van der Waals surface area contributed by atoms with Crippen molar-refractivity contribution in [3.8, 4) is 0 Å². The van der Waals surface area contributed by atoms with Crippen LogP contribution in [0.1, 0.15) is 0 Å². The lowest BCUT2D eigenvalue weighted by atomic mass is 9.99. The molecule has 0 aromatic carbocycles. The van der Waals surface area contributed by atoms with Crippen molar-refractivity contribution in [3.63, 3.8) is 0 Å². The summed E-state index contributed by atoms with van der Waals surface area (Å²) in [6.07, 6.45) is -6.81. The molecule has 4 N–H and O–H groups in total. The molecule has 0 aromatic heterocycles. The first-order chi connectivity index (χ1) is 8.54. The van der Waals surface area contributed by atoms with Crippen LogP contribution < -0.4 is 0 Å². The molecule has 106 valence electrons. The smallest absolute Gasteiger partial charge is 0.256 e. The summed E-state index contributed by atoms with van der Waals surface area (Å²) in [6, 6.07) is 0. The Morgan fingerprint density at radius 2 is 1.72 bits per heavy atom. The predicted molar refractivity (Wildman–Crippen MR) is 63.7 cm³/mol. The summed E-state index contributed by atoms with van der Waals surface area (Å²) in [5.41, 5.74) is 0.315. The van der Waals surface area contributed by atoms with Gasteiger partial charge in [0.2, 0.25) is 0 Å². The number of nitrogens with zero attached hydrogens (tertiary/aromatic N) is 1. The monoisotopic (exact) mass is 303 g/mol. The maximum Gasteiger partial charge on any atom is 0.256 e. The van der Waals surface area contributed by atoms with Crippen molar-refractivity contribution in [2.75, 3.05) is 18.4 Å². The topological polar surface area (TPSA) is 112 Å². The van der Waals surface area contributed by atoms with Gasteiger partial charge in [0.25, 0.3) is 6.29 Å². The molecule has 0 aromatic rings. The van der Waals surface area contributed by atoms with Gasteiger partial charge in [-0.2, -0.15) is 0 Å². The second-order valence-electron chi connectivity index (χ2n) is 3.73. The summed E-state index contributed by atoms with van der Waals surface area (Å²) in [7, 11) is 0. The summed E-state index contributed by atoms with van der Waals surface area (Å²) in [6.45, 7) is -0.535. The summed E-state index contributed by atoms with van der Waals surface area (Å²) in [4.78, 5) is 4.85. The lowest BCUT2D eigenvalue weighted by molar-refractivity contribution is -0.301. The van der Waals surface area contributed by atoms with E-state index in [1.165, 1.54) is 0 Å². The average Bonchev–Trinajstić information content (AvgIpc) is 2.39. The molecule has 1 aliphatic rings. The molecule has 1 fully saturated rings. The summed E-state index contributed by atoms with van der Waals surface area (Å²) < 4.78 is 5.04. The number of ether oxygens (including phenoxy) is 1. The second-order valence-corrected chi connectivity index (χ2v) is 4.26. The van der Waals surface area contributed by atoms with Crippen LogP contribution in [0.2, 0.25) is 0 Å². The SMILES string of the molecule is OC[C@H]1O[C@H](ON=C(CCl)CCl)[C@@H](O)[C@@H](O)[C@@H]1O. The fourth-order valence-corrected chi connectivity index (χ4v) is 1.75. The van der Waals surface area contributed by atoms with Gasteiger partial charge in [0, 0.05) is 0 Å². The number of halogens is 2. The Labute approximate surface area is 114 Å². The fourth-order valence-electron chi connectivity index (χ4n) is 1.37. The average molecular weight is 304 g/mol. The molecule has 0 unspecified atom stereocenters. The molecule has 1 heterocycles. The largest absolute Gasteiger partial charge is 0.394 e. The molecule has 0 radical (unpaired) electrons. The van der Waals surface area contributed by atoms with Gasteiger partial charge in [0.1, 0.15) is 24.4 Å². The minimum absolute atomic E-state index is 0.0426. The maximum atomic E-state index is 9.60. The number of alkyl halides is 2. The first-order valence-corrected chi connectivity index (χ1v) is 6.26. The Balaban J connectivity index is 2.67. The Bertz CT molecular complexity index is 284. The van der Waals surface area contributed by atoms with E-state index in [0.29, 0.717) is 5.71 Å². The molecule has 0 amide bonds. The highest BCUT2D eigenvalue weighted by molar-refractivity contribution is 6.36. The molecule has 9 heteroatoms. The van der Waals surface area contributed by atoms with Crippen LogP contribution in [0.25, 0.3) is 0 Å². The van der Waals surface area contributed by atoms with E-state index >= 15 is 0 Å². The van der Waals surface area contributed by atoms with Crippen molar-refractivity contribution >= 4 is 28.9 Å². The normalized spacial score (nSPS) is 36.2. The Kier molecular flexibility index (Phi) is 6.58. The molecule has 0 aliphatic carbocycles. The third kappa shape index (κ3) is 3.67. The van der Waals surface area contributed by atoms with Crippen LogP contribution in [0, 0.1) is 0 Å². The number of aliphatic hydroxyl groups excluding tert-OH is 4. The van der Waals surface area contributed by atoms with Gasteiger partial charge in [0.15, 0.2) is 0 Å². The lowest BCUT2D eigenvalue weighted by Crippen LogP contribution is -2.58. The van der Waals surface area contributed by atoms with Gasteiger partial charge in [-0.3, -0.25) is 0 Å². The Morgan fingerprint density at radius 3 is 2.22 bits per heavy atom. The van der Waals surface area contributed by atoms with Crippen LogP contribution in [0.3, 0.4) is 0 Å². The van der Waals surface area contributed by atoms with Gasteiger partial charge in [-0.1, -0.05) is 5.16 Å². The molecule has 0 saturated carbocycles. The van der Waals surface area contributed by atoms with E-state index in [4.69, 9.17) is 37.9 Å². The van der Waals surface area contributed by atoms with Crippen molar-refractivity contribution in [2.24, 2.45) is 5.16 Å². The summed E-state index contributed by atoms with van der Waals surface area (Å²) in [5.74, 6) is 0.0852. The van der Waals surface area contributed by atoms with E-state index in [-0.39, 0.29) is 11.8 Å². The first kappa shape index (κ1) is 15.9. The van der Waals surface area contributed by atoms with Crippen LogP contribution >= 0.6 is 23.2 Å². The highest BCUT2D eigenvalue weighted by Crippen LogP contribution is 2.22. The van der Waals surface area contributed by atoms with E-state index in [0.717, 1.165) is 0 Å². The number of hydrogen-bond donors (Lipinski definition) is 4. The zero-order valence-electron chi connectivity index (χ0n) is 9.32. The fraction of sp³-hybridized carbons (Fsp3) is 0.889. The third-order valence-electron chi connectivity index (χ3n) is 2.44. The zero-order chi connectivity index (χ0) is 13.7. The zero-order valence-corrected chi connectivity index (χ0v) is 10.8. The van der Waals surface area contributed by atoms with Crippen molar-refractivity contribution < 1.29 is 30.0 Å². The van der Waals surface area contributed by atoms with E-state index < -0.39 is 37.3 Å². The van der Waals surface area contributed by atoms with E-state index in [1.54, 1.807) is 0 Å². The molecule has 0 spiro atoms. The summed E-state index contributed by atoms with van der Waals surface area (Å²) >= 11 is 11.0. The number of hydrogen-bond acceptors (Lipinski definition) is 7. The van der Waals surface area contributed by atoms with Gasteiger partial charge in [0.05, 0.1) is 24.1 Å². The number of oxime groups is 1. The van der Waals surface area contributed by atoms with Gasteiger partial charge >= 0.3 is 0 Å². The highest BCUT2D eigenvalue weighted by atomic mass is 35.5. The predicted octanol–water partition coefficient (Wildman–Crippen LogP) is -1.36. The van der Waals surface area contributed by atoms with Gasteiger partial charge < -0.3 is 30.0 Å². The van der Waals surface area contributed by atoms with E-state index in [1.807, 2.05) is 0 Å². The van der Waals surface area contributed by atoms with Crippen LogP contribution in [0.5, 0.6) is 0 Å². The molecule has 18 heavy (non-hydrogen) atoms. The quantitative estimate of drug-likeness (QED) is 0.283. The third-order valence-corrected chi connectivity index (χ3v) is 3.06. The van der Waals surface area contributed by atoms with E-state index in [9.17, 15) is 15.3 Å². The molecule has 0 bridgehead atoms. The number of rotatable bonds is 5. The molecular formula is C9H15Cl2NO6. The minimum Gasteiger partial charge on any atom is -0.394 e. The van der Waals surface area contributed by atoms with Gasteiger partial charge in [-0.05, 0) is 0 Å². The highest BCUT2D eigenvalue weighted by Gasteiger charge is 2.44. The van der Waals surface area contributed by atoms with Gasteiger partial charge in [-0.25, -0.2) is 0 Å². The maximum absolute atomic E-state index is 9.60.